The molecule has 1 aliphatic heterocycles. The van der Waals surface area contributed by atoms with Gasteiger partial charge in [0.1, 0.15) is 0 Å². The van der Waals surface area contributed by atoms with Crippen LogP contribution in [0.15, 0.2) is 0 Å². The van der Waals surface area contributed by atoms with E-state index >= 15 is 0 Å². The average Bonchev–Trinajstić information content (AvgIpc) is 2.68. The second-order valence-corrected chi connectivity index (χ2v) is 6.77. The van der Waals surface area contributed by atoms with Crippen LogP contribution in [0.25, 0.3) is 0 Å². The van der Waals surface area contributed by atoms with Crippen LogP contribution in [0.2, 0.25) is 0 Å². The largest absolute Gasteiger partial charge is 0.325 e. The first-order chi connectivity index (χ1) is 9.09. The predicted molar refractivity (Wildman–Crippen MR) is 78.8 cm³/mol. The fourth-order valence-corrected chi connectivity index (χ4v) is 3.74. The van der Waals surface area contributed by atoms with Crippen molar-refractivity contribution in [2.75, 3.05) is 6.54 Å². The number of nitrogens with one attached hydrogen (secondary N) is 1. The molecule has 1 aliphatic carbocycles. The first-order valence-corrected chi connectivity index (χ1v) is 8.16. The number of rotatable bonds is 5. The van der Waals surface area contributed by atoms with E-state index in [0.29, 0.717) is 11.3 Å². The van der Waals surface area contributed by atoms with Crippen molar-refractivity contribution in [2.24, 2.45) is 5.41 Å². The Bertz CT molecular complexity index is 310. The molecule has 1 amide bonds. The van der Waals surface area contributed by atoms with E-state index in [2.05, 4.69) is 31.0 Å². The molecule has 2 rings (SSSR count). The summed E-state index contributed by atoms with van der Waals surface area (Å²) in [5.74, 6) is 0.348. The summed E-state index contributed by atoms with van der Waals surface area (Å²) in [6, 6.07) is 0.0714. The van der Waals surface area contributed by atoms with Gasteiger partial charge in [0.25, 0.3) is 0 Å². The van der Waals surface area contributed by atoms with Gasteiger partial charge in [-0.1, -0.05) is 46.5 Å². The molecule has 1 heterocycles. The van der Waals surface area contributed by atoms with Gasteiger partial charge < -0.3 is 4.90 Å². The monoisotopic (exact) mass is 266 g/mol. The van der Waals surface area contributed by atoms with Crippen molar-refractivity contribution >= 4 is 5.91 Å². The number of hydrogen-bond acceptors (Lipinski definition) is 2. The maximum absolute atomic E-state index is 12.5. The van der Waals surface area contributed by atoms with Crippen LogP contribution in [-0.4, -0.2) is 29.6 Å². The highest BCUT2D eigenvalue weighted by Crippen LogP contribution is 2.37. The molecule has 0 aromatic carbocycles. The second kappa shape index (κ2) is 6.25. The molecule has 110 valence electrons. The van der Waals surface area contributed by atoms with E-state index in [-0.39, 0.29) is 12.2 Å². The van der Waals surface area contributed by atoms with Gasteiger partial charge in [-0.25, -0.2) is 0 Å². The van der Waals surface area contributed by atoms with Crippen molar-refractivity contribution in [2.45, 2.75) is 84.3 Å². The molecule has 1 N–H and O–H groups in total. The summed E-state index contributed by atoms with van der Waals surface area (Å²) in [6.07, 6.45) is 9.94. The molecule has 1 saturated heterocycles. The summed E-state index contributed by atoms with van der Waals surface area (Å²) in [5.41, 5.74) is 0.351. The Kier molecular flexibility index (Phi) is 4.88. The lowest BCUT2D eigenvalue weighted by Crippen LogP contribution is -2.44. The summed E-state index contributed by atoms with van der Waals surface area (Å²) >= 11 is 0. The van der Waals surface area contributed by atoms with Gasteiger partial charge in [-0.3, -0.25) is 10.1 Å². The summed E-state index contributed by atoms with van der Waals surface area (Å²) in [7, 11) is 0. The van der Waals surface area contributed by atoms with Gasteiger partial charge in [0.2, 0.25) is 5.91 Å². The van der Waals surface area contributed by atoms with Crippen LogP contribution in [0.1, 0.15) is 72.1 Å². The Hall–Kier alpha value is -0.570. The molecule has 0 radical (unpaired) electrons. The van der Waals surface area contributed by atoms with Crippen LogP contribution in [-0.2, 0) is 4.79 Å². The summed E-state index contributed by atoms with van der Waals surface area (Å²) in [5, 5.41) is 3.52. The van der Waals surface area contributed by atoms with Crippen molar-refractivity contribution in [3.8, 4) is 0 Å². The van der Waals surface area contributed by atoms with E-state index in [9.17, 15) is 4.79 Å². The lowest BCUT2D eigenvalue weighted by atomic mass is 9.75. The molecule has 0 aromatic heterocycles. The van der Waals surface area contributed by atoms with Crippen molar-refractivity contribution in [1.29, 1.82) is 0 Å². The third-order valence-corrected chi connectivity index (χ3v) is 4.93. The number of nitrogens with zero attached hydrogens (tertiary/aromatic N) is 1. The topological polar surface area (TPSA) is 32.3 Å². The highest BCUT2D eigenvalue weighted by atomic mass is 16.2. The Morgan fingerprint density at radius 1 is 1.26 bits per heavy atom. The zero-order valence-corrected chi connectivity index (χ0v) is 12.9. The van der Waals surface area contributed by atoms with Gasteiger partial charge in [0.15, 0.2) is 0 Å². The lowest BCUT2D eigenvalue weighted by molar-refractivity contribution is -0.132. The van der Waals surface area contributed by atoms with Gasteiger partial charge >= 0.3 is 0 Å². The second-order valence-electron chi connectivity index (χ2n) is 6.77. The van der Waals surface area contributed by atoms with Gasteiger partial charge in [-0.2, -0.15) is 0 Å². The van der Waals surface area contributed by atoms with E-state index in [4.69, 9.17) is 0 Å². The van der Waals surface area contributed by atoms with Crippen molar-refractivity contribution in [1.82, 2.24) is 10.2 Å². The normalized spacial score (nSPS) is 30.9. The molecular formula is C16H30N2O. The first kappa shape index (κ1) is 14.8. The zero-order valence-electron chi connectivity index (χ0n) is 12.9. The Morgan fingerprint density at radius 2 is 1.95 bits per heavy atom. The van der Waals surface area contributed by atoms with Crippen LogP contribution < -0.4 is 5.32 Å². The van der Waals surface area contributed by atoms with Gasteiger partial charge in [-0.15, -0.1) is 0 Å². The predicted octanol–water partition coefficient (Wildman–Crippen LogP) is 3.29. The lowest BCUT2D eigenvalue weighted by Gasteiger charge is -2.38. The van der Waals surface area contributed by atoms with Gasteiger partial charge in [0.05, 0.1) is 12.2 Å². The van der Waals surface area contributed by atoms with E-state index < -0.39 is 0 Å². The first-order valence-electron chi connectivity index (χ1n) is 8.16. The van der Waals surface area contributed by atoms with Gasteiger partial charge in [0, 0.05) is 6.54 Å². The highest BCUT2D eigenvalue weighted by molar-refractivity contribution is 5.84. The molecule has 19 heavy (non-hydrogen) atoms. The zero-order chi connectivity index (χ0) is 13.9. The summed E-state index contributed by atoms with van der Waals surface area (Å²) in [6.45, 7) is 7.66. The number of carbonyl (C=O) groups excluding carboxylic acids is 1. The molecule has 3 nitrogen and oxygen atoms in total. The maximum Gasteiger partial charge on any atom is 0.241 e. The van der Waals surface area contributed by atoms with E-state index in [0.717, 1.165) is 25.8 Å². The molecule has 2 aliphatic rings. The van der Waals surface area contributed by atoms with E-state index in [1.165, 1.54) is 32.1 Å². The minimum atomic E-state index is 0.0714. The quantitative estimate of drug-likeness (QED) is 0.828. The average molecular weight is 266 g/mol. The Morgan fingerprint density at radius 3 is 2.53 bits per heavy atom. The Labute approximate surface area is 118 Å². The van der Waals surface area contributed by atoms with Crippen molar-refractivity contribution in [3.63, 3.8) is 0 Å². The number of amides is 1. The highest BCUT2D eigenvalue weighted by Gasteiger charge is 2.41. The molecule has 2 fully saturated rings. The van der Waals surface area contributed by atoms with Crippen LogP contribution in [0, 0.1) is 5.41 Å². The minimum Gasteiger partial charge on any atom is -0.325 e. The molecular weight excluding hydrogens is 236 g/mol. The fourth-order valence-electron chi connectivity index (χ4n) is 3.74. The number of carbonyl (C=O) groups is 1. The molecule has 2 atom stereocenters. The molecule has 1 saturated carbocycles. The van der Waals surface area contributed by atoms with Crippen LogP contribution in [0.3, 0.4) is 0 Å². The third kappa shape index (κ3) is 3.31. The summed E-state index contributed by atoms with van der Waals surface area (Å²) in [4.78, 5) is 14.7. The minimum absolute atomic E-state index is 0.0714. The van der Waals surface area contributed by atoms with Crippen LogP contribution >= 0.6 is 0 Å². The smallest absolute Gasteiger partial charge is 0.241 e. The standard InChI is InChI=1S/C16H30N2O/c1-4-9-13-15(19)18(14(5-2)17-13)12-16(3)10-7-6-8-11-16/h13-14,17H,4-12H2,1-3H3. The van der Waals surface area contributed by atoms with E-state index in [1.54, 1.807) is 0 Å². The molecule has 0 aromatic rings. The SMILES string of the molecule is CCCC1NC(CC)N(CC2(C)CCCCC2)C1=O. The molecule has 0 bridgehead atoms. The third-order valence-electron chi connectivity index (χ3n) is 4.93. The maximum atomic E-state index is 12.5. The number of hydrogen-bond donors (Lipinski definition) is 1. The van der Waals surface area contributed by atoms with Crippen molar-refractivity contribution in [3.05, 3.63) is 0 Å². The fraction of sp³-hybridized carbons (Fsp3) is 0.938. The van der Waals surface area contributed by atoms with Gasteiger partial charge in [-0.05, 0) is 31.1 Å². The molecule has 2 unspecified atom stereocenters. The van der Waals surface area contributed by atoms with Crippen LogP contribution in [0.5, 0.6) is 0 Å². The summed E-state index contributed by atoms with van der Waals surface area (Å²) < 4.78 is 0. The molecule has 3 heteroatoms. The molecule has 0 spiro atoms. The Balaban J connectivity index is 2.02. The van der Waals surface area contributed by atoms with Crippen LogP contribution in [0.4, 0.5) is 0 Å². The van der Waals surface area contributed by atoms with E-state index in [1.807, 2.05) is 0 Å². The van der Waals surface area contributed by atoms with Crippen molar-refractivity contribution < 1.29 is 4.79 Å².